The summed E-state index contributed by atoms with van der Waals surface area (Å²) >= 11 is 0. The standard InChI is InChI=1S/C13H17FN2O2/c1-18-8-7-13(5-6-13)9-15-12(17)10-3-2-4-11(14)16-10/h2-4H,5-9H2,1H3,(H,15,17). The van der Waals surface area contributed by atoms with E-state index in [2.05, 4.69) is 10.3 Å². The van der Waals surface area contributed by atoms with Crippen molar-refractivity contribution in [3.05, 3.63) is 29.8 Å². The highest BCUT2D eigenvalue weighted by Gasteiger charge is 2.42. The van der Waals surface area contributed by atoms with Gasteiger partial charge in [0.25, 0.3) is 5.91 Å². The van der Waals surface area contributed by atoms with Crippen molar-refractivity contribution in [2.24, 2.45) is 5.41 Å². The third-order valence-corrected chi connectivity index (χ3v) is 3.37. The molecule has 0 aliphatic heterocycles. The maximum atomic E-state index is 12.9. The van der Waals surface area contributed by atoms with Crippen molar-refractivity contribution in [1.82, 2.24) is 10.3 Å². The first-order chi connectivity index (χ1) is 8.65. The number of halogens is 1. The van der Waals surface area contributed by atoms with Crippen molar-refractivity contribution in [3.63, 3.8) is 0 Å². The van der Waals surface area contributed by atoms with E-state index in [4.69, 9.17) is 4.74 Å². The summed E-state index contributed by atoms with van der Waals surface area (Å²) in [6, 6.07) is 4.21. The largest absolute Gasteiger partial charge is 0.385 e. The van der Waals surface area contributed by atoms with Gasteiger partial charge in [-0.2, -0.15) is 4.39 Å². The number of carbonyl (C=O) groups excluding carboxylic acids is 1. The van der Waals surface area contributed by atoms with Crippen molar-refractivity contribution < 1.29 is 13.9 Å². The third-order valence-electron chi connectivity index (χ3n) is 3.37. The van der Waals surface area contributed by atoms with Gasteiger partial charge in [-0.3, -0.25) is 4.79 Å². The van der Waals surface area contributed by atoms with Crippen LogP contribution in [-0.2, 0) is 4.74 Å². The fraction of sp³-hybridized carbons (Fsp3) is 0.538. The number of hydrogen-bond acceptors (Lipinski definition) is 3. The number of hydrogen-bond donors (Lipinski definition) is 1. The van der Waals surface area contributed by atoms with Gasteiger partial charge in [-0.25, -0.2) is 4.98 Å². The predicted molar refractivity (Wildman–Crippen MR) is 64.7 cm³/mol. The summed E-state index contributed by atoms with van der Waals surface area (Å²) in [5.74, 6) is -0.957. The average Bonchev–Trinajstić information content (AvgIpc) is 3.14. The fourth-order valence-corrected chi connectivity index (χ4v) is 1.90. The van der Waals surface area contributed by atoms with Crippen molar-refractivity contribution in [1.29, 1.82) is 0 Å². The van der Waals surface area contributed by atoms with Crippen molar-refractivity contribution in [2.45, 2.75) is 19.3 Å². The lowest BCUT2D eigenvalue weighted by molar-refractivity contribution is 0.0932. The van der Waals surface area contributed by atoms with Gasteiger partial charge in [0.1, 0.15) is 5.69 Å². The number of nitrogens with one attached hydrogen (secondary N) is 1. The second-order valence-electron chi connectivity index (χ2n) is 4.77. The Balaban J connectivity index is 1.85. The van der Waals surface area contributed by atoms with Crippen LogP contribution in [0.3, 0.4) is 0 Å². The Morgan fingerprint density at radius 2 is 2.33 bits per heavy atom. The zero-order valence-electron chi connectivity index (χ0n) is 10.4. The molecule has 4 nitrogen and oxygen atoms in total. The average molecular weight is 252 g/mol. The van der Waals surface area contributed by atoms with Crippen LogP contribution in [0.5, 0.6) is 0 Å². The van der Waals surface area contributed by atoms with Gasteiger partial charge in [0, 0.05) is 20.3 Å². The van der Waals surface area contributed by atoms with Crippen molar-refractivity contribution in [2.75, 3.05) is 20.3 Å². The predicted octanol–water partition coefficient (Wildman–Crippen LogP) is 1.77. The molecule has 0 radical (unpaired) electrons. The monoisotopic (exact) mass is 252 g/mol. The third kappa shape index (κ3) is 3.26. The maximum Gasteiger partial charge on any atom is 0.270 e. The summed E-state index contributed by atoms with van der Waals surface area (Å²) in [6.07, 6.45) is 3.15. The van der Waals surface area contributed by atoms with Gasteiger partial charge in [-0.1, -0.05) is 6.07 Å². The zero-order chi connectivity index (χ0) is 13.0. The Morgan fingerprint density at radius 1 is 1.56 bits per heavy atom. The molecule has 0 spiro atoms. The number of nitrogens with zero attached hydrogens (tertiary/aromatic N) is 1. The molecule has 0 bridgehead atoms. The van der Waals surface area contributed by atoms with Gasteiger partial charge < -0.3 is 10.1 Å². The van der Waals surface area contributed by atoms with E-state index in [9.17, 15) is 9.18 Å². The topological polar surface area (TPSA) is 51.2 Å². The molecular weight excluding hydrogens is 235 g/mol. The van der Waals surface area contributed by atoms with Gasteiger partial charge in [-0.15, -0.1) is 0 Å². The van der Waals surface area contributed by atoms with Crippen LogP contribution < -0.4 is 5.32 Å². The minimum atomic E-state index is -0.636. The van der Waals surface area contributed by atoms with Crippen LogP contribution in [0.15, 0.2) is 18.2 Å². The van der Waals surface area contributed by atoms with Gasteiger partial charge >= 0.3 is 0 Å². The molecule has 1 amide bonds. The second-order valence-corrected chi connectivity index (χ2v) is 4.77. The van der Waals surface area contributed by atoms with Crippen molar-refractivity contribution >= 4 is 5.91 Å². The summed E-state index contributed by atoms with van der Waals surface area (Å²) in [6.45, 7) is 1.31. The Kier molecular flexibility index (Phi) is 3.91. The first kappa shape index (κ1) is 13.0. The van der Waals surface area contributed by atoms with Crippen LogP contribution in [0.25, 0.3) is 0 Å². The SMILES string of the molecule is COCCC1(CNC(=O)c2cccc(F)n2)CC1. The van der Waals surface area contributed by atoms with Crippen LogP contribution in [0.1, 0.15) is 29.8 Å². The number of amides is 1. The first-order valence-corrected chi connectivity index (χ1v) is 6.05. The summed E-state index contributed by atoms with van der Waals surface area (Å²) < 4.78 is 17.9. The molecule has 0 unspecified atom stereocenters. The zero-order valence-corrected chi connectivity index (χ0v) is 10.4. The van der Waals surface area contributed by atoms with E-state index in [1.165, 1.54) is 18.2 Å². The van der Waals surface area contributed by atoms with E-state index in [0.717, 1.165) is 19.3 Å². The van der Waals surface area contributed by atoms with Crippen LogP contribution in [-0.4, -0.2) is 31.2 Å². The molecule has 1 N–H and O–H groups in total. The van der Waals surface area contributed by atoms with Crippen LogP contribution in [0, 0.1) is 11.4 Å². The molecule has 1 aliphatic rings. The molecule has 0 aromatic carbocycles. The molecular formula is C13H17FN2O2. The number of pyridine rings is 1. The van der Waals surface area contributed by atoms with E-state index in [0.29, 0.717) is 13.2 Å². The molecule has 98 valence electrons. The Morgan fingerprint density at radius 3 is 2.94 bits per heavy atom. The molecule has 0 atom stereocenters. The molecule has 0 saturated heterocycles. The quantitative estimate of drug-likeness (QED) is 0.785. The van der Waals surface area contributed by atoms with Crippen LogP contribution in [0.4, 0.5) is 4.39 Å². The smallest absolute Gasteiger partial charge is 0.270 e. The molecule has 1 fully saturated rings. The molecule has 18 heavy (non-hydrogen) atoms. The second kappa shape index (κ2) is 5.44. The Hall–Kier alpha value is -1.49. The summed E-state index contributed by atoms with van der Waals surface area (Å²) in [4.78, 5) is 15.3. The highest BCUT2D eigenvalue weighted by Crippen LogP contribution is 2.48. The van der Waals surface area contributed by atoms with Gasteiger partial charge in [0.2, 0.25) is 5.95 Å². The van der Waals surface area contributed by atoms with E-state index in [1.54, 1.807) is 7.11 Å². The first-order valence-electron chi connectivity index (χ1n) is 6.05. The van der Waals surface area contributed by atoms with Crippen LogP contribution >= 0.6 is 0 Å². The highest BCUT2D eigenvalue weighted by molar-refractivity contribution is 5.92. The molecule has 1 heterocycles. The molecule has 5 heteroatoms. The number of methoxy groups -OCH3 is 1. The maximum absolute atomic E-state index is 12.9. The number of rotatable bonds is 6. The Labute approximate surface area is 106 Å². The lowest BCUT2D eigenvalue weighted by atomic mass is 10.0. The lowest BCUT2D eigenvalue weighted by Gasteiger charge is -2.15. The minimum absolute atomic E-state index is 0.123. The lowest BCUT2D eigenvalue weighted by Crippen LogP contribution is -2.31. The molecule has 1 saturated carbocycles. The van der Waals surface area contributed by atoms with E-state index in [1.807, 2.05) is 0 Å². The molecule has 1 aliphatic carbocycles. The molecule has 1 aromatic rings. The number of carbonyl (C=O) groups is 1. The van der Waals surface area contributed by atoms with Crippen LogP contribution in [0.2, 0.25) is 0 Å². The van der Waals surface area contributed by atoms with Gasteiger partial charge in [0.05, 0.1) is 0 Å². The summed E-state index contributed by atoms with van der Waals surface area (Å²) in [7, 11) is 1.67. The normalized spacial score (nSPS) is 16.3. The number of ether oxygens (including phenoxy) is 1. The van der Waals surface area contributed by atoms with Gasteiger partial charge in [0.15, 0.2) is 0 Å². The van der Waals surface area contributed by atoms with E-state index < -0.39 is 5.95 Å². The van der Waals surface area contributed by atoms with E-state index in [-0.39, 0.29) is 17.0 Å². The number of aromatic nitrogens is 1. The summed E-state index contributed by atoms with van der Waals surface area (Å²) in [5, 5.41) is 2.81. The van der Waals surface area contributed by atoms with Gasteiger partial charge in [-0.05, 0) is 36.8 Å². The fourth-order valence-electron chi connectivity index (χ4n) is 1.90. The summed E-state index contributed by atoms with van der Waals surface area (Å²) in [5.41, 5.74) is 0.302. The van der Waals surface area contributed by atoms with E-state index >= 15 is 0 Å². The molecule has 1 aromatic heterocycles. The van der Waals surface area contributed by atoms with Crippen molar-refractivity contribution in [3.8, 4) is 0 Å². The minimum Gasteiger partial charge on any atom is -0.385 e. The highest BCUT2D eigenvalue weighted by atomic mass is 19.1. The Bertz CT molecular complexity index is 433. The molecule has 2 rings (SSSR count).